The van der Waals surface area contributed by atoms with Gasteiger partial charge in [-0.25, -0.2) is 9.97 Å². The van der Waals surface area contributed by atoms with Gasteiger partial charge in [0.2, 0.25) is 0 Å². The average Bonchev–Trinajstić information content (AvgIpc) is 2.97. The standard InChI is InChI=1S/C15H22N4S/c1-4-7-16-14-13(5-2)15(18-11-17-14)19(3)9-12-6-8-20-10-12/h6,8,10-11H,4-5,7,9H2,1-3H3,(H,16,17,18). The first-order chi connectivity index (χ1) is 9.76. The molecule has 0 radical (unpaired) electrons. The highest BCUT2D eigenvalue weighted by Crippen LogP contribution is 2.24. The number of hydrogen-bond acceptors (Lipinski definition) is 5. The molecule has 0 unspecified atom stereocenters. The summed E-state index contributed by atoms with van der Waals surface area (Å²) >= 11 is 1.73. The Morgan fingerprint density at radius 3 is 2.80 bits per heavy atom. The molecule has 0 aromatic carbocycles. The maximum absolute atomic E-state index is 4.48. The van der Waals surface area contributed by atoms with Crippen molar-refractivity contribution in [1.82, 2.24) is 9.97 Å². The van der Waals surface area contributed by atoms with Crippen LogP contribution in [0.3, 0.4) is 0 Å². The molecule has 0 saturated carbocycles. The van der Waals surface area contributed by atoms with Crippen LogP contribution in [0.4, 0.5) is 11.6 Å². The van der Waals surface area contributed by atoms with E-state index in [-0.39, 0.29) is 0 Å². The summed E-state index contributed by atoms with van der Waals surface area (Å²) in [5.74, 6) is 1.99. The zero-order valence-electron chi connectivity index (χ0n) is 12.4. The number of rotatable bonds is 7. The van der Waals surface area contributed by atoms with Crippen molar-refractivity contribution in [2.24, 2.45) is 0 Å². The number of hydrogen-bond donors (Lipinski definition) is 1. The Morgan fingerprint density at radius 1 is 1.30 bits per heavy atom. The minimum atomic E-state index is 0.876. The third-order valence-corrected chi connectivity index (χ3v) is 3.91. The van der Waals surface area contributed by atoms with Gasteiger partial charge in [-0.05, 0) is 35.2 Å². The Hall–Kier alpha value is -1.62. The van der Waals surface area contributed by atoms with Crippen LogP contribution in [-0.2, 0) is 13.0 Å². The van der Waals surface area contributed by atoms with Crippen LogP contribution in [-0.4, -0.2) is 23.6 Å². The first-order valence-corrected chi connectivity index (χ1v) is 8.00. The second kappa shape index (κ2) is 7.24. The van der Waals surface area contributed by atoms with Crippen LogP contribution >= 0.6 is 11.3 Å². The monoisotopic (exact) mass is 290 g/mol. The summed E-state index contributed by atoms with van der Waals surface area (Å²) < 4.78 is 0. The van der Waals surface area contributed by atoms with E-state index >= 15 is 0 Å². The van der Waals surface area contributed by atoms with Gasteiger partial charge in [-0.2, -0.15) is 11.3 Å². The molecular formula is C15H22N4S. The third kappa shape index (κ3) is 3.48. The molecule has 0 saturated heterocycles. The van der Waals surface area contributed by atoms with Gasteiger partial charge in [0, 0.05) is 25.7 Å². The molecule has 0 aliphatic rings. The van der Waals surface area contributed by atoms with Gasteiger partial charge in [-0.1, -0.05) is 13.8 Å². The molecule has 20 heavy (non-hydrogen) atoms. The van der Waals surface area contributed by atoms with E-state index in [4.69, 9.17) is 0 Å². The quantitative estimate of drug-likeness (QED) is 0.846. The fraction of sp³-hybridized carbons (Fsp3) is 0.467. The van der Waals surface area contributed by atoms with E-state index in [1.54, 1.807) is 17.7 Å². The van der Waals surface area contributed by atoms with E-state index in [1.807, 2.05) is 0 Å². The van der Waals surface area contributed by atoms with Gasteiger partial charge in [0.15, 0.2) is 0 Å². The Bertz CT molecular complexity index is 525. The van der Waals surface area contributed by atoms with Gasteiger partial charge in [-0.3, -0.25) is 0 Å². The fourth-order valence-corrected chi connectivity index (χ4v) is 2.84. The van der Waals surface area contributed by atoms with Crippen molar-refractivity contribution < 1.29 is 0 Å². The number of aromatic nitrogens is 2. The van der Waals surface area contributed by atoms with E-state index in [9.17, 15) is 0 Å². The number of nitrogens with zero attached hydrogens (tertiary/aromatic N) is 3. The molecule has 108 valence electrons. The lowest BCUT2D eigenvalue weighted by Crippen LogP contribution is -2.20. The molecule has 0 aliphatic heterocycles. The van der Waals surface area contributed by atoms with Crippen molar-refractivity contribution in [1.29, 1.82) is 0 Å². The molecule has 0 fully saturated rings. The van der Waals surface area contributed by atoms with Crippen molar-refractivity contribution >= 4 is 23.0 Å². The molecule has 0 aliphatic carbocycles. The number of thiophene rings is 1. The molecule has 2 rings (SSSR count). The number of nitrogens with one attached hydrogen (secondary N) is 1. The van der Waals surface area contributed by atoms with Crippen molar-refractivity contribution in [3.8, 4) is 0 Å². The van der Waals surface area contributed by atoms with Gasteiger partial charge >= 0.3 is 0 Å². The SMILES string of the molecule is CCCNc1ncnc(N(C)Cc2ccsc2)c1CC. The fourth-order valence-electron chi connectivity index (χ4n) is 2.18. The van der Waals surface area contributed by atoms with Crippen molar-refractivity contribution in [3.63, 3.8) is 0 Å². The summed E-state index contributed by atoms with van der Waals surface area (Å²) in [6.45, 7) is 6.12. The Balaban J connectivity index is 2.21. The highest BCUT2D eigenvalue weighted by Gasteiger charge is 2.13. The van der Waals surface area contributed by atoms with Crippen LogP contribution in [0.15, 0.2) is 23.2 Å². The van der Waals surface area contributed by atoms with Gasteiger partial charge < -0.3 is 10.2 Å². The molecule has 2 aromatic heterocycles. The molecule has 4 nitrogen and oxygen atoms in total. The van der Waals surface area contributed by atoms with Crippen LogP contribution in [0.5, 0.6) is 0 Å². The first-order valence-electron chi connectivity index (χ1n) is 7.06. The largest absolute Gasteiger partial charge is 0.370 e. The Morgan fingerprint density at radius 2 is 2.15 bits per heavy atom. The predicted octanol–water partition coefficient (Wildman–Crippen LogP) is 3.56. The molecule has 0 bridgehead atoms. The van der Waals surface area contributed by atoms with Gasteiger partial charge in [0.1, 0.15) is 18.0 Å². The Labute approximate surface area is 124 Å². The van der Waals surface area contributed by atoms with Crippen molar-refractivity contribution in [3.05, 3.63) is 34.3 Å². The minimum Gasteiger partial charge on any atom is -0.370 e. The van der Waals surface area contributed by atoms with E-state index in [0.29, 0.717) is 0 Å². The van der Waals surface area contributed by atoms with E-state index in [2.05, 4.69) is 57.9 Å². The van der Waals surface area contributed by atoms with Crippen LogP contribution in [0, 0.1) is 0 Å². The maximum Gasteiger partial charge on any atom is 0.137 e. The maximum atomic E-state index is 4.48. The molecular weight excluding hydrogens is 268 g/mol. The van der Waals surface area contributed by atoms with Crippen LogP contribution in [0.1, 0.15) is 31.4 Å². The zero-order chi connectivity index (χ0) is 14.4. The van der Waals surface area contributed by atoms with Crippen molar-refractivity contribution in [2.75, 3.05) is 23.8 Å². The van der Waals surface area contributed by atoms with E-state index in [0.717, 1.165) is 37.6 Å². The summed E-state index contributed by atoms with van der Waals surface area (Å²) in [6, 6.07) is 2.16. The second-order valence-electron chi connectivity index (χ2n) is 4.79. The van der Waals surface area contributed by atoms with E-state index < -0.39 is 0 Å². The van der Waals surface area contributed by atoms with Gasteiger partial charge in [0.25, 0.3) is 0 Å². The minimum absolute atomic E-state index is 0.876. The van der Waals surface area contributed by atoms with Crippen LogP contribution in [0.2, 0.25) is 0 Å². The highest BCUT2D eigenvalue weighted by molar-refractivity contribution is 7.07. The number of anilines is 2. The molecule has 2 aromatic rings. The molecule has 0 spiro atoms. The smallest absolute Gasteiger partial charge is 0.137 e. The summed E-state index contributed by atoms with van der Waals surface area (Å²) in [5, 5.41) is 7.68. The van der Waals surface area contributed by atoms with Crippen LogP contribution in [0.25, 0.3) is 0 Å². The molecule has 1 N–H and O–H groups in total. The molecule has 0 amide bonds. The van der Waals surface area contributed by atoms with Crippen LogP contribution < -0.4 is 10.2 Å². The van der Waals surface area contributed by atoms with Gasteiger partial charge in [-0.15, -0.1) is 0 Å². The summed E-state index contributed by atoms with van der Waals surface area (Å²) in [6.07, 6.45) is 3.67. The molecule has 2 heterocycles. The summed E-state index contributed by atoms with van der Waals surface area (Å²) in [5.41, 5.74) is 2.51. The average molecular weight is 290 g/mol. The summed E-state index contributed by atoms with van der Waals surface area (Å²) in [7, 11) is 2.09. The molecule has 5 heteroatoms. The van der Waals surface area contributed by atoms with Crippen molar-refractivity contribution in [2.45, 2.75) is 33.2 Å². The second-order valence-corrected chi connectivity index (χ2v) is 5.57. The lowest BCUT2D eigenvalue weighted by atomic mass is 10.2. The topological polar surface area (TPSA) is 41.1 Å². The lowest BCUT2D eigenvalue weighted by Gasteiger charge is -2.22. The zero-order valence-corrected chi connectivity index (χ0v) is 13.2. The highest BCUT2D eigenvalue weighted by atomic mass is 32.1. The van der Waals surface area contributed by atoms with E-state index in [1.165, 1.54) is 11.1 Å². The normalized spacial score (nSPS) is 10.6. The summed E-state index contributed by atoms with van der Waals surface area (Å²) in [4.78, 5) is 11.1. The van der Waals surface area contributed by atoms with Gasteiger partial charge in [0.05, 0.1) is 0 Å². The predicted molar refractivity (Wildman–Crippen MR) is 86.6 cm³/mol. The lowest BCUT2D eigenvalue weighted by molar-refractivity contribution is 0.868. The first kappa shape index (κ1) is 14.8. The third-order valence-electron chi connectivity index (χ3n) is 3.18. The Kier molecular flexibility index (Phi) is 5.35. The molecule has 0 atom stereocenters.